The molecule has 0 aliphatic rings. The minimum Gasteiger partial charge on any atom is -0.357 e. The van der Waals surface area contributed by atoms with Crippen molar-refractivity contribution in [2.24, 2.45) is 0 Å². The number of amides is 1. The van der Waals surface area contributed by atoms with Crippen LogP contribution in [-0.4, -0.2) is 19.5 Å². The van der Waals surface area contributed by atoms with Crippen LogP contribution in [0.3, 0.4) is 0 Å². The summed E-state index contributed by atoms with van der Waals surface area (Å²) in [7, 11) is 2.34. The number of hydrogen-bond donors (Lipinski definition) is 2. The van der Waals surface area contributed by atoms with E-state index < -0.39 is 0 Å². The Bertz CT molecular complexity index is 50.2. The standard InChI is InChI=1S/C3H9N2OP/c6-3-4-1-2-5-7/h3,5H,1-2,7H2,(H,4,6). The highest BCUT2D eigenvalue weighted by Gasteiger charge is 1.74. The summed E-state index contributed by atoms with van der Waals surface area (Å²) >= 11 is 0. The molecular formula is C3H9N2OP. The van der Waals surface area contributed by atoms with Gasteiger partial charge in [0.05, 0.1) is 0 Å². The van der Waals surface area contributed by atoms with Crippen molar-refractivity contribution >= 4 is 15.8 Å². The van der Waals surface area contributed by atoms with Crippen molar-refractivity contribution in [1.29, 1.82) is 0 Å². The van der Waals surface area contributed by atoms with Crippen LogP contribution < -0.4 is 10.4 Å². The van der Waals surface area contributed by atoms with Gasteiger partial charge in [-0.1, -0.05) is 9.39 Å². The number of nitrogens with one attached hydrogen (secondary N) is 2. The van der Waals surface area contributed by atoms with Crippen LogP contribution in [0.25, 0.3) is 0 Å². The highest BCUT2D eigenvalue weighted by Crippen LogP contribution is 1.62. The third kappa shape index (κ3) is 5.86. The average molecular weight is 120 g/mol. The van der Waals surface area contributed by atoms with Crippen LogP contribution in [0.15, 0.2) is 0 Å². The molecule has 2 N–H and O–H groups in total. The van der Waals surface area contributed by atoms with Crippen LogP contribution in [0.4, 0.5) is 0 Å². The molecule has 0 aromatic carbocycles. The van der Waals surface area contributed by atoms with Crippen molar-refractivity contribution in [2.45, 2.75) is 0 Å². The Morgan fingerprint density at radius 2 is 2.29 bits per heavy atom. The van der Waals surface area contributed by atoms with E-state index in [0.29, 0.717) is 13.0 Å². The van der Waals surface area contributed by atoms with E-state index in [1.807, 2.05) is 0 Å². The average Bonchev–Trinajstić information content (AvgIpc) is 1.69. The molecule has 7 heavy (non-hydrogen) atoms. The van der Waals surface area contributed by atoms with Gasteiger partial charge in [0, 0.05) is 13.1 Å². The molecule has 0 radical (unpaired) electrons. The Balaban J connectivity index is 2.56. The number of hydrogen-bond acceptors (Lipinski definition) is 2. The topological polar surface area (TPSA) is 41.1 Å². The molecule has 1 atom stereocenters. The third-order valence-electron chi connectivity index (χ3n) is 0.497. The molecule has 0 saturated carbocycles. The van der Waals surface area contributed by atoms with Crippen LogP contribution >= 0.6 is 9.39 Å². The first kappa shape index (κ1) is 6.86. The summed E-state index contributed by atoms with van der Waals surface area (Å²) < 4.78 is 0. The fourth-order valence-corrected chi connectivity index (χ4v) is 0.348. The second-order valence-corrected chi connectivity index (χ2v) is 1.43. The van der Waals surface area contributed by atoms with E-state index in [4.69, 9.17) is 0 Å². The highest BCUT2D eigenvalue weighted by molar-refractivity contribution is 7.13. The summed E-state index contributed by atoms with van der Waals surface area (Å²) in [5.74, 6) is 0. The zero-order valence-corrected chi connectivity index (χ0v) is 5.13. The number of rotatable bonds is 4. The number of carbonyl (C=O) groups is 1. The van der Waals surface area contributed by atoms with E-state index in [9.17, 15) is 4.79 Å². The largest absolute Gasteiger partial charge is 0.357 e. The van der Waals surface area contributed by atoms with Crippen molar-refractivity contribution in [3.63, 3.8) is 0 Å². The van der Waals surface area contributed by atoms with Gasteiger partial charge in [0.2, 0.25) is 6.41 Å². The molecule has 0 aliphatic heterocycles. The van der Waals surface area contributed by atoms with Crippen LogP contribution in [0, 0.1) is 0 Å². The first-order valence-corrected chi connectivity index (χ1v) is 2.60. The molecule has 0 fully saturated rings. The van der Waals surface area contributed by atoms with E-state index in [2.05, 4.69) is 19.8 Å². The fraction of sp³-hybridized carbons (Fsp3) is 0.667. The Morgan fingerprint density at radius 1 is 1.57 bits per heavy atom. The Morgan fingerprint density at radius 3 is 2.71 bits per heavy atom. The summed E-state index contributed by atoms with van der Waals surface area (Å²) in [6.07, 6.45) is 0.683. The normalized spacial score (nSPS) is 8.14. The van der Waals surface area contributed by atoms with Gasteiger partial charge in [0.25, 0.3) is 0 Å². The zero-order valence-electron chi connectivity index (χ0n) is 3.98. The molecule has 0 heterocycles. The van der Waals surface area contributed by atoms with Gasteiger partial charge < -0.3 is 5.32 Å². The molecule has 0 saturated heterocycles. The minimum atomic E-state index is 0.683. The van der Waals surface area contributed by atoms with Gasteiger partial charge in [-0.25, -0.2) is 0 Å². The Hall–Kier alpha value is -0.140. The van der Waals surface area contributed by atoms with Crippen LogP contribution in [0.2, 0.25) is 0 Å². The van der Waals surface area contributed by atoms with Crippen LogP contribution in [0.5, 0.6) is 0 Å². The molecule has 0 rings (SSSR count). The van der Waals surface area contributed by atoms with E-state index >= 15 is 0 Å². The first-order valence-electron chi connectivity index (χ1n) is 2.02. The second-order valence-electron chi connectivity index (χ2n) is 1.03. The summed E-state index contributed by atoms with van der Waals surface area (Å²) in [5, 5.41) is 5.29. The van der Waals surface area contributed by atoms with Gasteiger partial charge in [0.1, 0.15) is 0 Å². The van der Waals surface area contributed by atoms with Crippen LogP contribution in [-0.2, 0) is 4.79 Å². The molecule has 0 aliphatic carbocycles. The monoisotopic (exact) mass is 120 g/mol. The molecule has 1 amide bonds. The lowest BCUT2D eigenvalue weighted by Gasteiger charge is -1.93. The maximum Gasteiger partial charge on any atom is 0.207 e. The molecular weight excluding hydrogens is 111 g/mol. The number of carbonyl (C=O) groups excluding carboxylic acids is 1. The SMILES string of the molecule is O=CNCCNP. The van der Waals surface area contributed by atoms with E-state index in [1.165, 1.54) is 0 Å². The van der Waals surface area contributed by atoms with Crippen LogP contribution in [0.1, 0.15) is 0 Å². The van der Waals surface area contributed by atoms with Crippen molar-refractivity contribution in [1.82, 2.24) is 10.4 Å². The van der Waals surface area contributed by atoms with Crippen molar-refractivity contribution in [2.75, 3.05) is 13.1 Å². The molecule has 1 unspecified atom stereocenters. The highest BCUT2D eigenvalue weighted by atomic mass is 31.0. The summed E-state index contributed by atoms with van der Waals surface area (Å²) in [5.41, 5.74) is 0. The lowest BCUT2D eigenvalue weighted by Crippen LogP contribution is -2.20. The van der Waals surface area contributed by atoms with Gasteiger partial charge in [0.15, 0.2) is 0 Å². The Kier molecular flexibility index (Phi) is 5.74. The maximum absolute atomic E-state index is 9.53. The maximum atomic E-state index is 9.53. The molecule has 0 aromatic rings. The molecule has 0 bridgehead atoms. The van der Waals surface area contributed by atoms with E-state index in [0.717, 1.165) is 6.54 Å². The zero-order chi connectivity index (χ0) is 5.54. The lowest BCUT2D eigenvalue weighted by atomic mass is 10.7. The van der Waals surface area contributed by atoms with Gasteiger partial charge in [-0.05, 0) is 0 Å². The second kappa shape index (κ2) is 5.86. The first-order chi connectivity index (χ1) is 3.41. The van der Waals surface area contributed by atoms with Gasteiger partial charge in [-0.15, -0.1) is 0 Å². The van der Waals surface area contributed by atoms with Gasteiger partial charge in [-0.2, -0.15) is 0 Å². The quantitative estimate of drug-likeness (QED) is 0.287. The molecule has 3 nitrogen and oxygen atoms in total. The van der Waals surface area contributed by atoms with E-state index in [1.54, 1.807) is 0 Å². The van der Waals surface area contributed by atoms with Gasteiger partial charge in [-0.3, -0.25) is 9.88 Å². The van der Waals surface area contributed by atoms with Gasteiger partial charge >= 0.3 is 0 Å². The summed E-state index contributed by atoms with van der Waals surface area (Å²) in [4.78, 5) is 9.53. The molecule has 4 heteroatoms. The molecule has 0 spiro atoms. The van der Waals surface area contributed by atoms with Crippen molar-refractivity contribution < 1.29 is 4.79 Å². The lowest BCUT2D eigenvalue weighted by molar-refractivity contribution is -0.109. The van der Waals surface area contributed by atoms with Crippen molar-refractivity contribution in [3.8, 4) is 0 Å². The predicted molar refractivity (Wildman–Crippen MR) is 31.8 cm³/mol. The minimum absolute atomic E-state index is 0.683. The summed E-state index contributed by atoms with van der Waals surface area (Å²) in [6, 6.07) is 0. The molecule has 42 valence electrons. The fourth-order valence-electron chi connectivity index (χ4n) is 0.203. The third-order valence-corrected chi connectivity index (χ3v) is 0.786. The smallest absolute Gasteiger partial charge is 0.207 e. The Labute approximate surface area is 45.1 Å². The molecule has 0 aromatic heterocycles. The summed E-state index contributed by atoms with van der Waals surface area (Å²) in [6.45, 7) is 1.48. The predicted octanol–water partition coefficient (Wildman–Crippen LogP) is -0.888. The van der Waals surface area contributed by atoms with E-state index in [-0.39, 0.29) is 0 Å². The van der Waals surface area contributed by atoms with Crippen molar-refractivity contribution in [3.05, 3.63) is 0 Å².